The molecule has 0 saturated heterocycles. The molecule has 0 aliphatic carbocycles. The second-order valence-corrected chi connectivity index (χ2v) is 6.40. The van der Waals surface area contributed by atoms with Gasteiger partial charge in [-0.1, -0.05) is 29.8 Å². The van der Waals surface area contributed by atoms with Crippen molar-refractivity contribution in [3.8, 4) is 17.0 Å². The molecule has 1 amide bonds. The summed E-state index contributed by atoms with van der Waals surface area (Å²) in [6.45, 7) is 3.95. The first-order valence-electron chi connectivity index (χ1n) is 7.55. The zero-order chi connectivity index (χ0) is 17.1. The number of anilines is 1. The molecule has 0 aliphatic rings. The van der Waals surface area contributed by atoms with Crippen molar-refractivity contribution in [1.82, 2.24) is 4.98 Å². The Labute approximate surface area is 145 Å². The summed E-state index contributed by atoms with van der Waals surface area (Å²) in [5, 5.41) is 5.38. The van der Waals surface area contributed by atoms with E-state index in [2.05, 4.69) is 10.3 Å². The van der Waals surface area contributed by atoms with Crippen LogP contribution in [0.5, 0.6) is 5.75 Å². The maximum atomic E-state index is 12.4. The molecule has 3 aromatic rings. The first-order valence-corrected chi connectivity index (χ1v) is 8.43. The number of benzene rings is 2. The van der Waals surface area contributed by atoms with Crippen LogP contribution in [0.3, 0.4) is 0 Å². The van der Waals surface area contributed by atoms with Crippen molar-refractivity contribution in [3.05, 3.63) is 64.5 Å². The first-order chi connectivity index (χ1) is 11.6. The van der Waals surface area contributed by atoms with Crippen molar-refractivity contribution in [1.29, 1.82) is 0 Å². The minimum absolute atomic E-state index is 0.140. The van der Waals surface area contributed by atoms with E-state index >= 15 is 0 Å². The fourth-order valence-corrected chi connectivity index (χ4v) is 3.19. The van der Waals surface area contributed by atoms with Gasteiger partial charge in [0.05, 0.1) is 12.8 Å². The SMILES string of the molecule is COc1cccc(-c2csc(NC(=O)c3ccc(C)cc3C)n2)c1. The predicted octanol–water partition coefficient (Wildman–Crippen LogP) is 4.69. The molecule has 0 unspecified atom stereocenters. The van der Waals surface area contributed by atoms with Gasteiger partial charge in [-0.05, 0) is 37.6 Å². The number of ether oxygens (including phenoxy) is 1. The smallest absolute Gasteiger partial charge is 0.257 e. The third kappa shape index (κ3) is 3.46. The minimum atomic E-state index is -0.140. The fraction of sp³-hybridized carbons (Fsp3) is 0.158. The monoisotopic (exact) mass is 338 g/mol. The lowest BCUT2D eigenvalue weighted by molar-refractivity contribution is 0.102. The number of methoxy groups -OCH3 is 1. The number of nitrogens with zero attached hydrogens (tertiary/aromatic N) is 1. The van der Waals surface area contributed by atoms with E-state index in [-0.39, 0.29) is 5.91 Å². The number of amides is 1. The van der Waals surface area contributed by atoms with E-state index in [0.717, 1.165) is 28.1 Å². The molecule has 0 radical (unpaired) electrons. The lowest BCUT2D eigenvalue weighted by atomic mass is 10.1. The number of aromatic nitrogens is 1. The third-order valence-electron chi connectivity index (χ3n) is 3.72. The lowest BCUT2D eigenvalue weighted by Crippen LogP contribution is -2.13. The van der Waals surface area contributed by atoms with Gasteiger partial charge in [-0.25, -0.2) is 4.98 Å². The Morgan fingerprint density at radius 1 is 1.17 bits per heavy atom. The van der Waals surface area contributed by atoms with Gasteiger partial charge in [0.15, 0.2) is 5.13 Å². The van der Waals surface area contributed by atoms with Gasteiger partial charge in [0.2, 0.25) is 0 Å². The number of rotatable bonds is 4. The van der Waals surface area contributed by atoms with Crippen LogP contribution in [-0.2, 0) is 0 Å². The van der Waals surface area contributed by atoms with E-state index in [4.69, 9.17) is 4.74 Å². The molecule has 3 rings (SSSR count). The van der Waals surface area contributed by atoms with Gasteiger partial charge in [0.25, 0.3) is 5.91 Å². The zero-order valence-electron chi connectivity index (χ0n) is 13.8. The van der Waals surface area contributed by atoms with Crippen LogP contribution in [0.15, 0.2) is 47.8 Å². The Morgan fingerprint density at radius 3 is 2.75 bits per heavy atom. The van der Waals surface area contributed by atoms with Crippen LogP contribution >= 0.6 is 11.3 Å². The maximum absolute atomic E-state index is 12.4. The molecule has 0 bridgehead atoms. The van der Waals surface area contributed by atoms with Crippen molar-refractivity contribution >= 4 is 22.4 Å². The second-order valence-electron chi connectivity index (χ2n) is 5.54. The van der Waals surface area contributed by atoms with Gasteiger partial charge in [0.1, 0.15) is 5.75 Å². The third-order valence-corrected chi connectivity index (χ3v) is 4.47. The van der Waals surface area contributed by atoms with Crippen LogP contribution in [0.2, 0.25) is 0 Å². The van der Waals surface area contributed by atoms with Gasteiger partial charge >= 0.3 is 0 Å². The number of hydrogen-bond acceptors (Lipinski definition) is 4. The van der Waals surface area contributed by atoms with Gasteiger partial charge in [-0.2, -0.15) is 0 Å². The molecule has 1 heterocycles. The topological polar surface area (TPSA) is 51.2 Å². The summed E-state index contributed by atoms with van der Waals surface area (Å²) in [7, 11) is 1.63. The summed E-state index contributed by atoms with van der Waals surface area (Å²) >= 11 is 1.41. The van der Waals surface area contributed by atoms with Crippen molar-refractivity contribution in [3.63, 3.8) is 0 Å². The summed E-state index contributed by atoms with van der Waals surface area (Å²) in [5.41, 5.74) is 4.53. The molecule has 0 saturated carbocycles. The molecule has 24 heavy (non-hydrogen) atoms. The summed E-state index contributed by atoms with van der Waals surface area (Å²) < 4.78 is 5.23. The van der Waals surface area contributed by atoms with Crippen LogP contribution in [0, 0.1) is 13.8 Å². The molecule has 2 aromatic carbocycles. The fourth-order valence-electron chi connectivity index (χ4n) is 2.48. The minimum Gasteiger partial charge on any atom is -0.497 e. The molecule has 5 heteroatoms. The van der Waals surface area contributed by atoms with E-state index in [1.807, 2.05) is 61.7 Å². The summed E-state index contributed by atoms with van der Waals surface area (Å²) in [6.07, 6.45) is 0. The Morgan fingerprint density at radius 2 is 2.00 bits per heavy atom. The van der Waals surface area contributed by atoms with Crippen LogP contribution in [0.1, 0.15) is 21.5 Å². The molecule has 1 aromatic heterocycles. The second kappa shape index (κ2) is 6.84. The van der Waals surface area contributed by atoms with E-state index in [0.29, 0.717) is 10.7 Å². The van der Waals surface area contributed by atoms with E-state index in [1.165, 1.54) is 11.3 Å². The van der Waals surface area contributed by atoms with Gasteiger partial charge in [0, 0.05) is 16.5 Å². The molecule has 0 fully saturated rings. The quantitative estimate of drug-likeness (QED) is 0.751. The highest BCUT2D eigenvalue weighted by Gasteiger charge is 2.12. The number of carbonyl (C=O) groups excluding carboxylic acids is 1. The maximum Gasteiger partial charge on any atom is 0.257 e. The summed E-state index contributed by atoms with van der Waals surface area (Å²) in [6, 6.07) is 13.5. The molecule has 4 nitrogen and oxygen atoms in total. The molecular formula is C19H18N2O2S. The normalized spacial score (nSPS) is 10.5. The Bertz CT molecular complexity index is 887. The van der Waals surface area contributed by atoms with Crippen LogP contribution in [-0.4, -0.2) is 18.0 Å². The number of nitrogens with one attached hydrogen (secondary N) is 1. The zero-order valence-corrected chi connectivity index (χ0v) is 14.6. The van der Waals surface area contributed by atoms with E-state index in [1.54, 1.807) is 7.11 Å². The molecule has 0 aliphatic heterocycles. The van der Waals surface area contributed by atoms with Crippen molar-refractivity contribution in [2.24, 2.45) is 0 Å². The van der Waals surface area contributed by atoms with Crippen LogP contribution in [0.25, 0.3) is 11.3 Å². The highest BCUT2D eigenvalue weighted by Crippen LogP contribution is 2.27. The van der Waals surface area contributed by atoms with Gasteiger partial charge < -0.3 is 4.74 Å². The molecular weight excluding hydrogens is 320 g/mol. The largest absolute Gasteiger partial charge is 0.497 e. The Balaban J connectivity index is 1.79. The first kappa shape index (κ1) is 16.2. The lowest BCUT2D eigenvalue weighted by Gasteiger charge is -2.06. The molecule has 0 atom stereocenters. The number of aryl methyl sites for hydroxylation is 2. The average molecular weight is 338 g/mol. The van der Waals surface area contributed by atoms with Gasteiger partial charge in [-0.3, -0.25) is 10.1 Å². The Hall–Kier alpha value is -2.66. The highest BCUT2D eigenvalue weighted by atomic mass is 32.1. The van der Waals surface area contributed by atoms with Crippen molar-refractivity contribution < 1.29 is 9.53 Å². The van der Waals surface area contributed by atoms with Crippen molar-refractivity contribution in [2.45, 2.75) is 13.8 Å². The van der Waals surface area contributed by atoms with Gasteiger partial charge in [-0.15, -0.1) is 11.3 Å². The number of carbonyl (C=O) groups is 1. The Kier molecular flexibility index (Phi) is 4.62. The van der Waals surface area contributed by atoms with Crippen molar-refractivity contribution in [2.75, 3.05) is 12.4 Å². The molecule has 1 N–H and O–H groups in total. The summed E-state index contributed by atoms with van der Waals surface area (Å²) in [4.78, 5) is 16.9. The number of thiazole rings is 1. The number of hydrogen-bond donors (Lipinski definition) is 1. The molecule has 122 valence electrons. The van der Waals surface area contributed by atoms with E-state index < -0.39 is 0 Å². The predicted molar refractivity (Wildman–Crippen MR) is 98.0 cm³/mol. The standard InChI is InChI=1S/C19H18N2O2S/c1-12-7-8-16(13(2)9-12)18(22)21-19-20-17(11-24-19)14-5-4-6-15(10-14)23-3/h4-11H,1-3H3,(H,20,21,22). The average Bonchev–Trinajstić information content (AvgIpc) is 3.03. The highest BCUT2D eigenvalue weighted by molar-refractivity contribution is 7.14. The van der Waals surface area contributed by atoms with E-state index in [9.17, 15) is 4.79 Å². The molecule has 0 spiro atoms. The van der Waals surface area contributed by atoms with Crippen LogP contribution < -0.4 is 10.1 Å². The van der Waals surface area contributed by atoms with Crippen LogP contribution in [0.4, 0.5) is 5.13 Å². The summed E-state index contributed by atoms with van der Waals surface area (Å²) in [5.74, 6) is 0.639.